The first kappa shape index (κ1) is 11.7. The molecule has 0 aromatic heterocycles. The number of rotatable bonds is 2. The van der Waals surface area contributed by atoms with E-state index in [4.69, 9.17) is 5.73 Å². The number of nitrogens with zero attached hydrogens (tertiary/aromatic N) is 2. The van der Waals surface area contributed by atoms with Crippen molar-refractivity contribution in [3.63, 3.8) is 0 Å². The Morgan fingerprint density at radius 2 is 2.11 bits per heavy atom. The molecule has 0 radical (unpaired) electrons. The molecule has 102 valence electrons. The van der Waals surface area contributed by atoms with Gasteiger partial charge >= 0.3 is 0 Å². The van der Waals surface area contributed by atoms with Gasteiger partial charge in [0.2, 0.25) is 0 Å². The zero-order valence-electron chi connectivity index (χ0n) is 11.5. The third-order valence-electron chi connectivity index (χ3n) is 5.67. The molecule has 2 N–H and O–H groups in total. The highest BCUT2D eigenvalue weighted by Gasteiger charge is 2.50. The third-order valence-corrected chi connectivity index (χ3v) is 5.67. The zero-order chi connectivity index (χ0) is 12.9. The normalized spacial score (nSPS) is 36.6. The molecular weight excluding hydrogens is 234 g/mol. The van der Waals surface area contributed by atoms with Gasteiger partial charge in [0.1, 0.15) is 0 Å². The van der Waals surface area contributed by atoms with Crippen LogP contribution in [-0.4, -0.2) is 43.2 Å². The number of fused-ring (bicyclic) bond motifs is 3. The van der Waals surface area contributed by atoms with Gasteiger partial charge in [0, 0.05) is 31.9 Å². The van der Waals surface area contributed by atoms with Gasteiger partial charge in [0.25, 0.3) is 0 Å². The molecule has 0 aliphatic carbocycles. The van der Waals surface area contributed by atoms with E-state index in [-0.39, 0.29) is 5.54 Å². The van der Waals surface area contributed by atoms with Crippen LogP contribution >= 0.6 is 0 Å². The summed E-state index contributed by atoms with van der Waals surface area (Å²) in [7, 11) is 0. The van der Waals surface area contributed by atoms with Crippen LogP contribution in [-0.2, 0) is 6.42 Å². The lowest BCUT2D eigenvalue weighted by Gasteiger charge is -2.50. The molecule has 19 heavy (non-hydrogen) atoms. The molecular formula is C16H23N3. The van der Waals surface area contributed by atoms with E-state index < -0.39 is 0 Å². The Balaban J connectivity index is 1.74. The quantitative estimate of drug-likeness (QED) is 0.871. The van der Waals surface area contributed by atoms with Crippen molar-refractivity contribution in [2.75, 3.05) is 37.6 Å². The molecule has 3 unspecified atom stereocenters. The SMILES string of the molecule is NCC1(N2CCc3ccccc32)CCN2CCC1C2. The van der Waals surface area contributed by atoms with E-state index in [1.54, 1.807) is 0 Å². The van der Waals surface area contributed by atoms with Crippen molar-refractivity contribution in [1.29, 1.82) is 0 Å². The lowest BCUT2D eigenvalue weighted by Crippen LogP contribution is -2.62. The molecule has 3 nitrogen and oxygen atoms in total. The van der Waals surface area contributed by atoms with E-state index in [9.17, 15) is 0 Å². The van der Waals surface area contributed by atoms with Crippen molar-refractivity contribution < 1.29 is 0 Å². The van der Waals surface area contributed by atoms with Crippen LogP contribution in [0, 0.1) is 5.92 Å². The minimum atomic E-state index is 0.222. The topological polar surface area (TPSA) is 32.5 Å². The van der Waals surface area contributed by atoms with Gasteiger partial charge in [-0.05, 0) is 43.4 Å². The van der Waals surface area contributed by atoms with E-state index in [0.717, 1.165) is 19.0 Å². The lowest BCUT2D eigenvalue weighted by atomic mass is 9.77. The summed E-state index contributed by atoms with van der Waals surface area (Å²) in [6.07, 6.45) is 3.76. The van der Waals surface area contributed by atoms with E-state index in [0.29, 0.717) is 0 Å². The maximum Gasteiger partial charge on any atom is 0.0577 e. The summed E-state index contributed by atoms with van der Waals surface area (Å²) in [6.45, 7) is 5.73. The monoisotopic (exact) mass is 257 g/mol. The average molecular weight is 257 g/mol. The first-order valence-corrected chi connectivity index (χ1v) is 7.61. The molecule has 1 aromatic carbocycles. The highest BCUT2D eigenvalue weighted by atomic mass is 15.3. The first-order valence-electron chi connectivity index (χ1n) is 7.61. The molecule has 2 saturated heterocycles. The summed E-state index contributed by atoms with van der Waals surface area (Å²) in [6, 6.07) is 8.91. The summed E-state index contributed by atoms with van der Waals surface area (Å²) in [4.78, 5) is 5.27. The Hall–Kier alpha value is -1.06. The Kier molecular flexibility index (Phi) is 2.61. The van der Waals surface area contributed by atoms with Gasteiger partial charge in [-0.3, -0.25) is 0 Å². The molecule has 4 rings (SSSR count). The number of hydrogen-bond acceptors (Lipinski definition) is 3. The number of hydrogen-bond donors (Lipinski definition) is 1. The maximum atomic E-state index is 6.30. The summed E-state index contributed by atoms with van der Waals surface area (Å²) in [5, 5.41) is 0. The fourth-order valence-electron chi connectivity index (χ4n) is 4.57. The van der Waals surface area contributed by atoms with Crippen LogP contribution in [0.15, 0.2) is 24.3 Å². The summed E-state index contributed by atoms with van der Waals surface area (Å²) in [5.41, 5.74) is 9.48. The minimum Gasteiger partial charge on any atom is -0.364 e. The standard InChI is InChI=1S/C16H23N3/c17-12-16(7-10-18-8-6-14(16)11-18)19-9-5-13-3-1-2-4-15(13)19/h1-4,14H,5-12,17H2. The van der Waals surface area contributed by atoms with Crippen molar-refractivity contribution in [3.05, 3.63) is 29.8 Å². The number of para-hydroxylation sites is 1. The van der Waals surface area contributed by atoms with Crippen LogP contribution in [0.1, 0.15) is 18.4 Å². The second-order valence-corrected chi connectivity index (χ2v) is 6.37. The zero-order valence-corrected chi connectivity index (χ0v) is 11.5. The molecule has 0 amide bonds. The second kappa shape index (κ2) is 4.22. The molecule has 3 heteroatoms. The molecule has 0 spiro atoms. The van der Waals surface area contributed by atoms with E-state index in [2.05, 4.69) is 34.1 Å². The van der Waals surface area contributed by atoms with Crippen LogP contribution in [0.4, 0.5) is 5.69 Å². The van der Waals surface area contributed by atoms with Gasteiger partial charge in [-0.1, -0.05) is 18.2 Å². The van der Waals surface area contributed by atoms with Crippen molar-refractivity contribution in [1.82, 2.24) is 4.90 Å². The van der Waals surface area contributed by atoms with E-state index >= 15 is 0 Å². The highest BCUT2D eigenvalue weighted by Crippen LogP contribution is 2.44. The van der Waals surface area contributed by atoms with Gasteiger partial charge in [-0.25, -0.2) is 0 Å². The highest BCUT2D eigenvalue weighted by molar-refractivity contribution is 5.60. The number of anilines is 1. The molecule has 0 saturated carbocycles. The Bertz CT molecular complexity index is 487. The molecule has 3 aliphatic heterocycles. The summed E-state index contributed by atoms with van der Waals surface area (Å²) in [5.74, 6) is 0.761. The minimum absolute atomic E-state index is 0.222. The predicted molar refractivity (Wildman–Crippen MR) is 78.4 cm³/mol. The molecule has 3 heterocycles. The van der Waals surface area contributed by atoms with Gasteiger partial charge in [-0.15, -0.1) is 0 Å². The molecule has 3 aliphatic rings. The average Bonchev–Trinajstić information content (AvgIpc) is 3.06. The van der Waals surface area contributed by atoms with Gasteiger partial charge in [0.15, 0.2) is 0 Å². The molecule has 2 bridgehead atoms. The largest absolute Gasteiger partial charge is 0.364 e. The van der Waals surface area contributed by atoms with E-state index in [1.165, 1.54) is 50.1 Å². The molecule has 3 atom stereocenters. The fraction of sp³-hybridized carbons (Fsp3) is 0.625. The van der Waals surface area contributed by atoms with Crippen LogP contribution in [0.2, 0.25) is 0 Å². The second-order valence-electron chi connectivity index (χ2n) is 6.37. The maximum absolute atomic E-state index is 6.30. The van der Waals surface area contributed by atoms with Crippen LogP contribution in [0.5, 0.6) is 0 Å². The fourth-order valence-corrected chi connectivity index (χ4v) is 4.57. The Labute approximate surface area is 115 Å². The van der Waals surface area contributed by atoms with Crippen molar-refractivity contribution >= 4 is 5.69 Å². The molecule has 1 aromatic rings. The Morgan fingerprint density at radius 3 is 3.00 bits per heavy atom. The number of piperidine rings is 1. The van der Waals surface area contributed by atoms with Crippen molar-refractivity contribution in [2.45, 2.75) is 24.8 Å². The van der Waals surface area contributed by atoms with Crippen molar-refractivity contribution in [3.8, 4) is 0 Å². The lowest BCUT2D eigenvalue weighted by molar-refractivity contribution is 0.165. The predicted octanol–water partition coefficient (Wildman–Crippen LogP) is 1.47. The van der Waals surface area contributed by atoms with Crippen LogP contribution in [0.25, 0.3) is 0 Å². The summed E-state index contributed by atoms with van der Waals surface area (Å²) < 4.78 is 0. The number of benzene rings is 1. The van der Waals surface area contributed by atoms with Crippen LogP contribution < -0.4 is 10.6 Å². The Morgan fingerprint density at radius 1 is 1.21 bits per heavy atom. The first-order chi connectivity index (χ1) is 9.33. The van der Waals surface area contributed by atoms with Gasteiger partial charge < -0.3 is 15.5 Å². The number of nitrogens with two attached hydrogens (primary N) is 1. The van der Waals surface area contributed by atoms with Gasteiger partial charge in [0.05, 0.1) is 5.54 Å². The van der Waals surface area contributed by atoms with Crippen LogP contribution in [0.3, 0.4) is 0 Å². The third kappa shape index (κ3) is 1.58. The van der Waals surface area contributed by atoms with Crippen molar-refractivity contribution in [2.24, 2.45) is 11.7 Å². The summed E-state index contributed by atoms with van der Waals surface area (Å²) >= 11 is 0. The van der Waals surface area contributed by atoms with Gasteiger partial charge in [-0.2, -0.15) is 0 Å². The smallest absolute Gasteiger partial charge is 0.0577 e. The molecule has 2 fully saturated rings. The van der Waals surface area contributed by atoms with E-state index in [1.807, 2.05) is 0 Å².